The van der Waals surface area contributed by atoms with E-state index in [9.17, 15) is 4.79 Å². The van der Waals surface area contributed by atoms with Gasteiger partial charge in [-0.2, -0.15) is 0 Å². The molecule has 0 aromatic heterocycles. The summed E-state index contributed by atoms with van der Waals surface area (Å²) in [4.78, 5) is 11.3. The second-order valence-corrected chi connectivity index (χ2v) is 3.02. The molecule has 16 heavy (non-hydrogen) atoms. The van der Waals surface area contributed by atoms with E-state index in [4.69, 9.17) is 9.94 Å². The van der Waals surface area contributed by atoms with Gasteiger partial charge in [0.15, 0.2) is 0 Å². The van der Waals surface area contributed by atoms with E-state index in [2.05, 4.69) is 9.89 Å². The molecule has 86 valence electrons. The number of oxime groups is 1. The van der Waals surface area contributed by atoms with Gasteiger partial charge in [0.25, 0.3) is 0 Å². The second-order valence-electron chi connectivity index (χ2n) is 3.02. The topological polar surface area (TPSA) is 68.1 Å². The van der Waals surface area contributed by atoms with Gasteiger partial charge in [-0.3, -0.25) is 0 Å². The molecule has 0 fully saturated rings. The summed E-state index contributed by atoms with van der Waals surface area (Å²) in [5, 5.41) is 11.2. The molecule has 5 nitrogen and oxygen atoms in total. The van der Waals surface area contributed by atoms with Gasteiger partial charge in [-0.1, -0.05) is 6.07 Å². The Balaban J connectivity index is 3.01. The van der Waals surface area contributed by atoms with Gasteiger partial charge in [0, 0.05) is 12.6 Å². The third kappa shape index (κ3) is 2.73. The van der Waals surface area contributed by atoms with Crippen LogP contribution in [0.1, 0.15) is 15.9 Å². The fraction of sp³-hybridized carbons (Fsp3) is 0.273. The Bertz CT molecular complexity index is 401. The number of benzene rings is 1. The van der Waals surface area contributed by atoms with Crippen molar-refractivity contribution in [1.29, 1.82) is 0 Å². The maximum Gasteiger partial charge on any atom is 0.337 e. The van der Waals surface area contributed by atoms with E-state index in [0.29, 0.717) is 17.7 Å². The average Bonchev–Trinajstić information content (AvgIpc) is 2.35. The van der Waals surface area contributed by atoms with E-state index in [-0.39, 0.29) is 0 Å². The zero-order valence-electron chi connectivity index (χ0n) is 9.14. The van der Waals surface area contributed by atoms with Gasteiger partial charge in [0.1, 0.15) is 5.75 Å². The van der Waals surface area contributed by atoms with Gasteiger partial charge in [0.2, 0.25) is 0 Å². The molecule has 0 amide bonds. The summed E-state index contributed by atoms with van der Waals surface area (Å²) >= 11 is 0. The summed E-state index contributed by atoms with van der Waals surface area (Å²) in [7, 11) is 2.83. The van der Waals surface area contributed by atoms with Crippen LogP contribution in [0.3, 0.4) is 0 Å². The van der Waals surface area contributed by atoms with Gasteiger partial charge in [0.05, 0.1) is 19.8 Å². The van der Waals surface area contributed by atoms with Crippen molar-refractivity contribution in [3.63, 3.8) is 0 Å². The minimum atomic E-state index is -0.416. The Morgan fingerprint density at radius 3 is 2.81 bits per heavy atom. The first-order valence-electron chi connectivity index (χ1n) is 4.64. The molecule has 0 bridgehead atoms. The van der Waals surface area contributed by atoms with Gasteiger partial charge < -0.3 is 14.7 Å². The maximum absolute atomic E-state index is 11.3. The first-order chi connectivity index (χ1) is 7.72. The molecule has 0 aliphatic carbocycles. The predicted molar refractivity (Wildman–Crippen MR) is 58.3 cm³/mol. The standard InChI is InChI=1S/C11H13NO4/c1-15-10-7-9(11(13)16-2)4-3-8(10)5-6-12-14/h3-4,6-7,14H,5H2,1-2H3. The fourth-order valence-corrected chi connectivity index (χ4v) is 1.30. The van der Waals surface area contributed by atoms with Crippen molar-refractivity contribution in [2.75, 3.05) is 14.2 Å². The summed E-state index contributed by atoms with van der Waals surface area (Å²) < 4.78 is 9.72. The second kappa shape index (κ2) is 5.75. The Kier molecular flexibility index (Phi) is 4.32. The lowest BCUT2D eigenvalue weighted by Gasteiger charge is -2.07. The summed E-state index contributed by atoms with van der Waals surface area (Å²) in [5.74, 6) is 0.142. The largest absolute Gasteiger partial charge is 0.496 e. The SMILES string of the molecule is COC(=O)c1ccc(CC=NO)c(OC)c1. The molecule has 1 aromatic rings. The third-order valence-corrected chi connectivity index (χ3v) is 2.10. The summed E-state index contributed by atoms with van der Waals surface area (Å²) in [6.45, 7) is 0. The molecule has 0 aliphatic rings. The van der Waals surface area contributed by atoms with E-state index in [1.807, 2.05) is 0 Å². The molecule has 1 rings (SSSR count). The molecule has 0 aliphatic heterocycles. The van der Waals surface area contributed by atoms with Crippen molar-refractivity contribution in [3.05, 3.63) is 29.3 Å². The number of carbonyl (C=O) groups excluding carboxylic acids is 1. The monoisotopic (exact) mass is 223 g/mol. The molecule has 0 atom stereocenters. The van der Waals surface area contributed by atoms with Crippen molar-refractivity contribution in [1.82, 2.24) is 0 Å². The highest BCUT2D eigenvalue weighted by atomic mass is 16.5. The highest BCUT2D eigenvalue weighted by Crippen LogP contribution is 2.20. The lowest BCUT2D eigenvalue weighted by Crippen LogP contribution is -2.03. The Morgan fingerprint density at radius 2 is 2.25 bits per heavy atom. The van der Waals surface area contributed by atoms with Crippen molar-refractivity contribution < 1.29 is 19.5 Å². The van der Waals surface area contributed by atoms with E-state index in [0.717, 1.165) is 5.56 Å². The lowest BCUT2D eigenvalue weighted by atomic mass is 10.1. The van der Waals surface area contributed by atoms with E-state index < -0.39 is 5.97 Å². The highest BCUT2D eigenvalue weighted by molar-refractivity contribution is 5.90. The molecule has 0 radical (unpaired) electrons. The molecule has 0 saturated carbocycles. The van der Waals surface area contributed by atoms with Crippen LogP contribution in [-0.2, 0) is 11.2 Å². The van der Waals surface area contributed by atoms with Crippen LogP contribution in [0.2, 0.25) is 0 Å². The Morgan fingerprint density at radius 1 is 1.50 bits per heavy atom. The number of carbonyl (C=O) groups is 1. The zero-order chi connectivity index (χ0) is 12.0. The number of nitrogens with zero attached hydrogens (tertiary/aromatic N) is 1. The van der Waals surface area contributed by atoms with Crippen LogP contribution in [0.15, 0.2) is 23.4 Å². The fourth-order valence-electron chi connectivity index (χ4n) is 1.30. The van der Waals surface area contributed by atoms with Crippen molar-refractivity contribution in [2.24, 2.45) is 5.16 Å². The average molecular weight is 223 g/mol. The van der Waals surface area contributed by atoms with Crippen LogP contribution in [0.25, 0.3) is 0 Å². The van der Waals surface area contributed by atoms with Crippen LogP contribution < -0.4 is 4.74 Å². The number of methoxy groups -OCH3 is 2. The Hall–Kier alpha value is -2.04. The molecule has 5 heteroatoms. The van der Waals surface area contributed by atoms with Crippen LogP contribution in [0, 0.1) is 0 Å². The van der Waals surface area contributed by atoms with Crippen molar-refractivity contribution >= 4 is 12.2 Å². The van der Waals surface area contributed by atoms with E-state index in [1.54, 1.807) is 18.2 Å². The molecule has 1 N–H and O–H groups in total. The minimum Gasteiger partial charge on any atom is -0.496 e. The van der Waals surface area contributed by atoms with Gasteiger partial charge >= 0.3 is 5.97 Å². The molecule has 0 unspecified atom stereocenters. The predicted octanol–water partition coefficient (Wildman–Crippen LogP) is 1.48. The van der Waals surface area contributed by atoms with Gasteiger partial charge in [-0.05, 0) is 17.7 Å². The highest BCUT2D eigenvalue weighted by Gasteiger charge is 2.09. The van der Waals surface area contributed by atoms with Crippen molar-refractivity contribution in [2.45, 2.75) is 6.42 Å². The van der Waals surface area contributed by atoms with Crippen LogP contribution in [-0.4, -0.2) is 31.6 Å². The third-order valence-electron chi connectivity index (χ3n) is 2.10. The van der Waals surface area contributed by atoms with Crippen molar-refractivity contribution in [3.8, 4) is 5.75 Å². The smallest absolute Gasteiger partial charge is 0.337 e. The van der Waals surface area contributed by atoms with E-state index >= 15 is 0 Å². The summed E-state index contributed by atoms with van der Waals surface area (Å²) in [5.41, 5.74) is 1.25. The minimum absolute atomic E-state index is 0.416. The number of ether oxygens (including phenoxy) is 2. The summed E-state index contributed by atoms with van der Waals surface area (Å²) in [6.07, 6.45) is 1.77. The normalized spacial score (nSPS) is 10.4. The molecule has 0 heterocycles. The quantitative estimate of drug-likeness (QED) is 0.363. The zero-order valence-corrected chi connectivity index (χ0v) is 9.14. The van der Waals surface area contributed by atoms with Gasteiger partial charge in [-0.25, -0.2) is 4.79 Å². The number of rotatable bonds is 4. The molecule has 0 saturated heterocycles. The Labute approximate surface area is 93.3 Å². The number of esters is 1. The molecule has 1 aromatic carbocycles. The molecule has 0 spiro atoms. The van der Waals surface area contributed by atoms with Crippen LogP contribution >= 0.6 is 0 Å². The lowest BCUT2D eigenvalue weighted by molar-refractivity contribution is 0.0600. The van der Waals surface area contributed by atoms with Crippen LogP contribution in [0.4, 0.5) is 0 Å². The molecular weight excluding hydrogens is 210 g/mol. The first-order valence-corrected chi connectivity index (χ1v) is 4.64. The molecular formula is C11H13NO4. The van der Waals surface area contributed by atoms with Crippen LogP contribution in [0.5, 0.6) is 5.75 Å². The maximum atomic E-state index is 11.3. The summed E-state index contributed by atoms with van der Waals surface area (Å²) in [6, 6.07) is 4.95. The van der Waals surface area contributed by atoms with E-state index in [1.165, 1.54) is 20.4 Å². The number of hydrogen-bond acceptors (Lipinski definition) is 5. The first kappa shape index (κ1) is 12.0. The van der Waals surface area contributed by atoms with Gasteiger partial charge in [-0.15, -0.1) is 5.16 Å². The number of hydrogen-bond donors (Lipinski definition) is 1.